The van der Waals surface area contributed by atoms with Crippen LogP contribution in [0.15, 0.2) is 72.3 Å². The van der Waals surface area contributed by atoms with Crippen molar-refractivity contribution in [3.63, 3.8) is 0 Å². The summed E-state index contributed by atoms with van der Waals surface area (Å²) < 4.78 is 19.5. The van der Waals surface area contributed by atoms with Crippen LogP contribution in [0.5, 0.6) is 0 Å². The molecule has 0 radical (unpaired) electrons. The molecule has 1 heterocycles. The lowest BCUT2D eigenvalue weighted by molar-refractivity contribution is -0.156. The molecular formula is C29H29FO3. The maximum Gasteiger partial charge on any atom is 0.309 e. The van der Waals surface area contributed by atoms with Gasteiger partial charge in [0.05, 0.1) is 12.5 Å². The summed E-state index contributed by atoms with van der Waals surface area (Å²) in [7, 11) is 0. The Labute approximate surface area is 194 Å². The Balaban J connectivity index is 1.63. The zero-order valence-electron chi connectivity index (χ0n) is 18.9. The van der Waals surface area contributed by atoms with Crippen molar-refractivity contribution < 1.29 is 19.0 Å². The van der Waals surface area contributed by atoms with Crippen molar-refractivity contribution in [1.29, 1.82) is 0 Å². The summed E-state index contributed by atoms with van der Waals surface area (Å²) in [6.07, 6.45) is 10.0. The molecule has 170 valence electrons. The molecular weight excluding hydrogens is 415 g/mol. The zero-order chi connectivity index (χ0) is 23.0. The molecule has 2 aromatic rings. The molecule has 4 heteroatoms. The molecule has 3 nitrogen and oxygen atoms in total. The lowest BCUT2D eigenvalue weighted by atomic mass is 9.72. The topological polar surface area (TPSA) is 46.5 Å². The molecule has 1 aliphatic heterocycles. The molecule has 1 saturated carbocycles. The first-order chi connectivity index (χ1) is 16.0. The lowest BCUT2D eigenvalue weighted by Crippen LogP contribution is -2.31. The Morgan fingerprint density at radius 3 is 2.55 bits per heavy atom. The predicted molar refractivity (Wildman–Crippen MR) is 128 cm³/mol. The second-order valence-electron chi connectivity index (χ2n) is 9.49. The zero-order valence-corrected chi connectivity index (χ0v) is 18.9. The molecule has 2 aromatic carbocycles. The molecule has 0 bridgehead atoms. The van der Waals surface area contributed by atoms with Crippen LogP contribution in [0.4, 0.5) is 4.39 Å². The van der Waals surface area contributed by atoms with Crippen molar-refractivity contribution in [1.82, 2.24) is 0 Å². The van der Waals surface area contributed by atoms with E-state index in [9.17, 15) is 14.3 Å². The number of esters is 1. The fourth-order valence-electron chi connectivity index (χ4n) is 5.69. The van der Waals surface area contributed by atoms with Crippen molar-refractivity contribution in [2.75, 3.05) is 0 Å². The number of benzene rings is 2. The highest BCUT2D eigenvalue weighted by Crippen LogP contribution is 2.60. The van der Waals surface area contributed by atoms with Crippen molar-refractivity contribution in [3.8, 4) is 0 Å². The molecule has 2 aliphatic carbocycles. The highest BCUT2D eigenvalue weighted by Gasteiger charge is 2.45. The number of hydrogen-bond acceptors (Lipinski definition) is 3. The quantitative estimate of drug-likeness (QED) is 0.574. The molecule has 1 N–H and O–H groups in total. The second-order valence-corrected chi connectivity index (χ2v) is 9.49. The fraction of sp³-hybridized carbons (Fsp3) is 0.345. The van der Waals surface area contributed by atoms with Gasteiger partial charge < -0.3 is 9.84 Å². The van der Waals surface area contributed by atoms with Gasteiger partial charge in [0.25, 0.3) is 0 Å². The SMILES string of the molecule is Cc1cc(C2=C(/C=C/[C@H]3C[C@H](O)CC(=O)O3)C3(CCCC3)C(c3ccccc3)=C2)ccc1F. The Bertz CT molecular complexity index is 1150. The number of aliphatic hydroxyl groups is 1. The molecule has 2 fully saturated rings. The van der Waals surface area contributed by atoms with Crippen LogP contribution in [0, 0.1) is 18.2 Å². The number of hydrogen-bond donors (Lipinski definition) is 1. The number of carbonyl (C=O) groups excluding carboxylic acids is 1. The first-order valence-electron chi connectivity index (χ1n) is 11.8. The van der Waals surface area contributed by atoms with Crippen molar-refractivity contribution >= 4 is 17.1 Å². The van der Waals surface area contributed by atoms with E-state index in [-0.39, 0.29) is 23.6 Å². The molecule has 1 saturated heterocycles. The van der Waals surface area contributed by atoms with E-state index >= 15 is 0 Å². The van der Waals surface area contributed by atoms with E-state index in [2.05, 4.69) is 36.4 Å². The van der Waals surface area contributed by atoms with Crippen LogP contribution in [-0.4, -0.2) is 23.3 Å². The van der Waals surface area contributed by atoms with E-state index < -0.39 is 12.2 Å². The largest absolute Gasteiger partial charge is 0.458 e. The van der Waals surface area contributed by atoms with Gasteiger partial charge >= 0.3 is 5.97 Å². The van der Waals surface area contributed by atoms with Crippen LogP contribution in [0.2, 0.25) is 0 Å². The monoisotopic (exact) mass is 444 g/mol. The molecule has 1 spiro atoms. The van der Waals surface area contributed by atoms with Crippen LogP contribution < -0.4 is 0 Å². The van der Waals surface area contributed by atoms with Gasteiger partial charge in [-0.15, -0.1) is 0 Å². The number of aliphatic hydroxyl groups excluding tert-OH is 1. The number of halogens is 1. The Morgan fingerprint density at radius 1 is 1.09 bits per heavy atom. The molecule has 33 heavy (non-hydrogen) atoms. The van der Waals surface area contributed by atoms with Gasteiger partial charge in [0.2, 0.25) is 0 Å². The number of allylic oxidation sites excluding steroid dienone is 5. The van der Waals surface area contributed by atoms with Gasteiger partial charge in [0, 0.05) is 11.8 Å². The van der Waals surface area contributed by atoms with E-state index in [0.717, 1.165) is 36.8 Å². The maximum atomic E-state index is 14.1. The van der Waals surface area contributed by atoms with E-state index in [1.54, 1.807) is 6.92 Å². The molecule has 0 aromatic heterocycles. The van der Waals surface area contributed by atoms with Crippen molar-refractivity contribution in [2.45, 2.75) is 57.7 Å². The highest BCUT2D eigenvalue weighted by molar-refractivity contribution is 5.97. The number of cyclic esters (lactones) is 1. The summed E-state index contributed by atoms with van der Waals surface area (Å²) >= 11 is 0. The molecule has 0 unspecified atom stereocenters. The minimum atomic E-state index is -0.670. The third-order valence-corrected chi connectivity index (χ3v) is 7.29. The van der Waals surface area contributed by atoms with Gasteiger partial charge in [-0.3, -0.25) is 4.79 Å². The summed E-state index contributed by atoms with van der Waals surface area (Å²) in [6.45, 7) is 1.79. The lowest BCUT2D eigenvalue weighted by Gasteiger charge is -2.31. The van der Waals surface area contributed by atoms with Gasteiger partial charge in [-0.2, -0.15) is 0 Å². The van der Waals surface area contributed by atoms with Gasteiger partial charge in [-0.1, -0.05) is 55.3 Å². The summed E-state index contributed by atoms with van der Waals surface area (Å²) in [6, 6.07) is 15.8. The number of ether oxygens (including phenoxy) is 1. The number of carbonyl (C=O) groups is 1. The third-order valence-electron chi connectivity index (χ3n) is 7.29. The second kappa shape index (κ2) is 8.75. The van der Waals surface area contributed by atoms with Gasteiger partial charge in [-0.05, 0) is 77.5 Å². The van der Waals surface area contributed by atoms with Crippen LogP contribution in [0.3, 0.4) is 0 Å². The summed E-state index contributed by atoms with van der Waals surface area (Å²) in [5, 5.41) is 10.0. The Morgan fingerprint density at radius 2 is 1.85 bits per heavy atom. The molecule has 5 rings (SSSR count). The maximum absolute atomic E-state index is 14.1. The average Bonchev–Trinajstić information content (AvgIpc) is 3.40. The van der Waals surface area contributed by atoms with Crippen LogP contribution in [-0.2, 0) is 9.53 Å². The Hall–Kier alpha value is -2.98. The van der Waals surface area contributed by atoms with Crippen molar-refractivity contribution in [3.05, 3.63) is 94.8 Å². The summed E-state index contributed by atoms with van der Waals surface area (Å²) in [4.78, 5) is 11.8. The first-order valence-corrected chi connectivity index (χ1v) is 11.8. The fourth-order valence-corrected chi connectivity index (χ4v) is 5.69. The highest BCUT2D eigenvalue weighted by atomic mass is 19.1. The molecule has 2 atom stereocenters. The van der Waals surface area contributed by atoms with E-state index in [4.69, 9.17) is 4.74 Å². The minimum absolute atomic E-state index is 0.0524. The van der Waals surface area contributed by atoms with E-state index in [1.165, 1.54) is 22.8 Å². The van der Waals surface area contributed by atoms with Crippen LogP contribution in [0.1, 0.15) is 55.2 Å². The Kier molecular flexibility index (Phi) is 5.79. The van der Waals surface area contributed by atoms with E-state index in [0.29, 0.717) is 12.0 Å². The number of aryl methyl sites for hydroxylation is 1. The number of rotatable bonds is 4. The van der Waals surface area contributed by atoms with Crippen LogP contribution in [0.25, 0.3) is 11.1 Å². The van der Waals surface area contributed by atoms with Gasteiger partial charge in [0.1, 0.15) is 11.9 Å². The summed E-state index contributed by atoms with van der Waals surface area (Å²) in [5.41, 5.74) is 6.30. The minimum Gasteiger partial charge on any atom is -0.458 e. The molecule has 0 amide bonds. The van der Waals surface area contributed by atoms with Crippen molar-refractivity contribution in [2.24, 2.45) is 5.41 Å². The van der Waals surface area contributed by atoms with Gasteiger partial charge in [0.15, 0.2) is 0 Å². The van der Waals surface area contributed by atoms with E-state index in [1.807, 2.05) is 24.3 Å². The normalized spacial score (nSPS) is 24.6. The first kappa shape index (κ1) is 21.8. The third kappa shape index (κ3) is 4.08. The average molecular weight is 445 g/mol. The predicted octanol–water partition coefficient (Wildman–Crippen LogP) is 6.17. The molecule has 3 aliphatic rings. The summed E-state index contributed by atoms with van der Waals surface area (Å²) in [5.74, 6) is -0.572. The van der Waals surface area contributed by atoms with Crippen LogP contribution >= 0.6 is 0 Å². The smallest absolute Gasteiger partial charge is 0.309 e. The standard InChI is InChI=1S/C29H29FO3/c1-19-15-21(9-12-27(19)30)24-18-26(20-7-3-2-4-8-20)29(13-5-6-14-29)25(24)11-10-23-16-22(31)17-28(32)33-23/h2-4,7-12,15,18,22-23,31H,5-6,13-14,16-17H2,1H3/b11-10+/t22-,23-/m0/s1. The van der Waals surface area contributed by atoms with Gasteiger partial charge in [-0.25, -0.2) is 4.39 Å².